The van der Waals surface area contributed by atoms with Gasteiger partial charge in [0.1, 0.15) is 80.1 Å². The number of carboxylic acid groups (broad SMARTS) is 1. The summed E-state index contributed by atoms with van der Waals surface area (Å²) in [5, 5.41) is 266. The number of guanidine groups is 2. The molecule has 0 radical (unpaired) electrons. The Balaban J connectivity index is 2.08. The molecule has 0 aromatic heterocycles. The molecule has 3 rings (SSSR count). The molecule has 49 heteroatoms. The Bertz CT molecular complexity index is 4620. The van der Waals surface area contributed by atoms with Crippen molar-refractivity contribution in [3.05, 3.63) is 108 Å². The molecule has 0 saturated carbocycles. The lowest BCUT2D eigenvalue weighted by Crippen LogP contribution is -2.34. The lowest BCUT2D eigenvalue weighted by Gasteiger charge is -2.19. The van der Waals surface area contributed by atoms with Crippen LogP contribution in [0.1, 0.15) is 128 Å². The molecular weight excluding hydrogens is 1720 g/mol. The van der Waals surface area contributed by atoms with Gasteiger partial charge < -0.3 is 147 Å². The quantitative estimate of drug-likeness (QED) is 0.0207. The number of nitrogens with one attached hydrogen (secondary N) is 6. The maximum atomic E-state index is 11.9. The molecule has 722 valence electrons. The van der Waals surface area contributed by atoms with Crippen LogP contribution in [0.3, 0.4) is 0 Å². The number of unbranched alkanes of at least 4 members (excludes halogenated alkanes) is 2. The first-order chi connectivity index (χ1) is 62.1. The van der Waals surface area contributed by atoms with Gasteiger partial charge in [-0.25, -0.2) is 84.7 Å². The summed E-state index contributed by atoms with van der Waals surface area (Å²) in [6, 6.07) is 4.35. The van der Waals surface area contributed by atoms with Crippen molar-refractivity contribution in [3.63, 3.8) is 0 Å². The molecule has 3 aromatic rings. The van der Waals surface area contributed by atoms with Crippen molar-refractivity contribution in [2.24, 2.45) is 109 Å². The standard InChI is InChI=1S/C82H127N27O22/c1-44(97-64(115)42-96-79(129)66(47(4)111)109-77(127)57(37-49-22-10-6-11-23-49)100-65(116)41-94-63(114)40-95-70(120)51(85)36-48-20-8-5-9-21-48)67(117)101-54(28-18-34-92-81(88)89)71(121)104-53(27-15-17-33-84)74(124)108-60(43-110)78(128)99-45(2)68(118)102-55(29-19-35-93-82(90)91)72(122)103-52(26-14-16-32-83)73(123)107-58(38-50-24-12-7-13-25-50)75(125)98-46(3)69(119)106-59(39-62(87)113)76(126)105-56(80(130)131)30-31-61(86)112/h5-13,20-25,44-47,51-60,66,110-111H,14-19,26-43,83-85H2,1-4H3,(H2,86,112)(H2,87,113)(H,94,114)(H,95,120)(H,96,129)(H,97,115)(H,98,125)(H,99,128)(H,100,116)(H,101,117)(H,102,118)(H,103,122)(H,104,121)(H,105,126)(H,106,119)(H,107,123)(H,108,124)(H,109,127)(H,130,131)(H4,88,89,92)(H4,90,91,93). The predicted molar refractivity (Wildman–Crippen MR) is 505 cm³/mol. The zero-order valence-electron chi connectivity index (χ0n) is 73.1. The fraction of sp³-hybridized carbons (Fsp3) is 0.524. The normalized spacial score (nSPS) is 17.5. The molecule has 0 aliphatic carbocycles. The van der Waals surface area contributed by atoms with Gasteiger partial charge in [0.05, 0.1) is 25.2 Å². The molecule has 37 N–H and O–H groups in total. The van der Waals surface area contributed by atoms with Crippen molar-refractivity contribution in [3.8, 4) is 0 Å². The van der Waals surface area contributed by atoms with Crippen LogP contribution in [0.5, 0.6) is 0 Å². The van der Waals surface area contributed by atoms with E-state index < -0.39 is 260 Å². The van der Waals surface area contributed by atoms with Crippen LogP contribution in [0.2, 0.25) is 0 Å². The van der Waals surface area contributed by atoms with Crippen molar-refractivity contribution in [2.75, 3.05) is 52.4 Å². The van der Waals surface area contributed by atoms with E-state index in [1.807, 2.05) is 18.2 Å². The molecule has 131 heavy (non-hydrogen) atoms. The van der Waals surface area contributed by atoms with E-state index in [2.05, 4.69) is 90.5 Å². The van der Waals surface area contributed by atoms with Gasteiger partial charge in [0, 0.05) is 32.4 Å². The molecule has 0 bridgehead atoms. The molecule has 0 fully saturated rings. The van der Waals surface area contributed by atoms with E-state index in [0.717, 1.165) is 5.56 Å². The van der Waals surface area contributed by atoms with Gasteiger partial charge in [0.2, 0.25) is 88.5 Å². The van der Waals surface area contributed by atoms with Crippen molar-refractivity contribution >= 4 is 124 Å². The predicted octanol–water partition coefficient (Wildman–Crippen LogP) is 4.68. The monoisotopic (exact) mass is 1840 g/mol. The molecule has 15 unspecified atom stereocenters. The van der Waals surface area contributed by atoms with Gasteiger partial charge in [-0.2, -0.15) is 0 Å². The van der Waals surface area contributed by atoms with Crippen LogP contribution in [-0.2, 0) is 24.1 Å². The van der Waals surface area contributed by atoms with Crippen LogP contribution in [0.25, 0.3) is 0 Å². The maximum absolute atomic E-state index is 11.9. The number of hydrogen-bond donors (Lipinski definition) is 32. The lowest BCUT2D eigenvalue weighted by molar-refractivity contribution is -0.138. The van der Waals surface area contributed by atoms with Crippen LogP contribution >= 0.6 is 0 Å². The summed E-state index contributed by atoms with van der Waals surface area (Å²) in [7, 11) is 0. The minimum Gasteiger partial charge on any atom is -0.497 e. The van der Waals surface area contributed by atoms with E-state index in [-0.39, 0.29) is 96.8 Å². The van der Waals surface area contributed by atoms with Crippen LogP contribution in [0.15, 0.2) is 171 Å². The molecule has 0 spiro atoms. The molecule has 15 atom stereocenters. The van der Waals surface area contributed by atoms with E-state index >= 15 is 0 Å². The fourth-order valence-electron chi connectivity index (χ4n) is 11.7. The third-order valence-corrected chi connectivity index (χ3v) is 18.7. The SMILES string of the molecule is CC(N=C(O)CN=C(O)C(N=C(O)C(Cc1ccccc1)N=C(O)CN=C(O)CN=C(O)C(N)Cc1ccccc1)C(C)O)C(O)=NC(CCCNC(=N)N)C(O)=NC(CCCCN)C(O)=NC(CO)C(O)=NC(C)C(O)=NC(CCCNC(=N)N)C(O)=NC(CCCCN)C(O)=NC(Cc1ccccc1)C(O)=NC(C)C(O)=NC(CC(=N)O)C(O)=NC(CCC(=N)O)C(=O)O. The van der Waals surface area contributed by atoms with E-state index in [4.69, 9.17) is 50.3 Å². The third kappa shape index (κ3) is 44.5. The Morgan fingerprint density at radius 3 is 1.10 bits per heavy atom. The first-order valence-corrected chi connectivity index (χ1v) is 41.7. The van der Waals surface area contributed by atoms with Gasteiger partial charge in [0.25, 0.3) is 0 Å². The number of aliphatic carboxylic acids is 1. The molecular formula is C82H127N27O22. The number of nitrogens with zero attached hydrogens (tertiary/aromatic N) is 16. The van der Waals surface area contributed by atoms with Crippen LogP contribution < -0.4 is 39.3 Å². The summed E-state index contributed by atoms with van der Waals surface area (Å²) in [5.41, 5.74) is 30.7. The van der Waals surface area contributed by atoms with Gasteiger partial charge >= 0.3 is 5.97 Å². The first kappa shape index (κ1) is 111. The number of carboxylic acids is 1. The van der Waals surface area contributed by atoms with E-state index in [0.29, 0.717) is 24.0 Å². The van der Waals surface area contributed by atoms with E-state index in [1.165, 1.54) is 27.7 Å². The van der Waals surface area contributed by atoms with Crippen LogP contribution in [-0.4, -0.2) is 374 Å². The topological polar surface area (TPSA) is 889 Å². The number of hydrogen-bond acceptors (Lipinski definition) is 26. The zero-order valence-corrected chi connectivity index (χ0v) is 73.1. The summed E-state index contributed by atoms with van der Waals surface area (Å²) in [6.45, 7) is 2.17. The highest BCUT2D eigenvalue weighted by Crippen LogP contribution is 2.20. The number of nitrogens with two attached hydrogens (primary N) is 5. The van der Waals surface area contributed by atoms with Gasteiger partial charge in [-0.3, -0.25) is 21.6 Å². The Labute approximate surface area is 755 Å². The number of aliphatic hydroxyl groups excluding tert-OH is 20. The summed E-state index contributed by atoms with van der Waals surface area (Å²) >= 11 is 0. The smallest absolute Gasteiger partial charge is 0.328 e. The fourth-order valence-corrected chi connectivity index (χ4v) is 11.7. The average Bonchev–Trinajstić information content (AvgIpc) is 0.848. The summed E-state index contributed by atoms with van der Waals surface area (Å²) in [6.07, 6.45) is -2.64. The molecule has 0 aliphatic rings. The molecule has 0 heterocycles. The molecule has 0 aliphatic heterocycles. The second-order valence-electron chi connectivity index (χ2n) is 29.8. The minimum atomic E-state index is -1.83. The van der Waals surface area contributed by atoms with Crippen molar-refractivity contribution in [2.45, 2.75) is 221 Å². The van der Waals surface area contributed by atoms with Gasteiger partial charge in [-0.05, 0) is 135 Å². The minimum absolute atomic E-state index is 0.0107. The Morgan fingerprint density at radius 2 is 0.687 bits per heavy atom. The number of rotatable bonds is 62. The van der Waals surface area contributed by atoms with Gasteiger partial charge in [-0.1, -0.05) is 91.0 Å². The number of aliphatic imine (C=N–C) groups is 16. The van der Waals surface area contributed by atoms with E-state index in [9.17, 15) is 112 Å². The Hall–Kier alpha value is -14.1. The van der Waals surface area contributed by atoms with Gasteiger partial charge in [0.15, 0.2) is 47.7 Å². The highest BCUT2D eigenvalue weighted by atomic mass is 16.4. The Kier molecular flexibility index (Phi) is 50.8. The molecule has 0 amide bonds. The average molecular weight is 1840 g/mol. The number of benzene rings is 3. The lowest BCUT2D eigenvalue weighted by atomic mass is 10.1. The highest BCUT2D eigenvalue weighted by molar-refractivity contribution is 5.97. The Morgan fingerprint density at radius 1 is 0.351 bits per heavy atom. The number of carbonyl (C=O) groups is 1. The second-order valence-corrected chi connectivity index (χ2v) is 29.8. The van der Waals surface area contributed by atoms with E-state index in [1.54, 1.807) is 72.8 Å². The zero-order chi connectivity index (χ0) is 97.8. The molecule has 49 nitrogen and oxygen atoms in total. The van der Waals surface area contributed by atoms with Crippen molar-refractivity contribution < 1.29 is 112 Å². The second kappa shape index (κ2) is 59.9. The third-order valence-electron chi connectivity index (χ3n) is 18.7. The summed E-state index contributed by atoms with van der Waals surface area (Å²) in [5.74, 6) is -17.8. The summed E-state index contributed by atoms with van der Waals surface area (Å²) < 4.78 is 0. The van der Waals surface area contributed by atoms with Crippen molar-refractivity contribution in [1.29, 1.82) is 21.6 Å². The summed E-state index contributed by atoms with van der Waals surface area (Å²) in [4.78, 5) is 76.9. The first-order valence-electron chi connectivity index (χ1n) is 41.7. The highest BCUT2D eigenvalue weighted by Gasteiger charge is 2.32. The maximum Gasteiger partial charge on any atom is 0.328 e. The van der Waals surface area contributed by atoms with Crippen molar-refractivity contribution in [1.82, 2.24) is 10.6 Å². The van der Waals surface area contributed by atoms with Crippen LogP contribution in [0, 0.1) is 21.6 Å². The van der Waals surface area contributed by atoms with Gasteiger partial charge in [-0.15, -0.1) is 0 Å². The largest absolute Gasteiger partial charge is 0.497 e. The molecule has 3 aromatic carbocycles. The molecule has 0 saturated heterocycles. The number of aliphatic hydroxyl groups is 20. The van der Waals surface area contributed by atoms with Crippen LogP contribution in [0.4, 0.5) is 0 Å².